The minimum Gasteiger partial charge on any atom is -0.497 e. The standard InChI is InChI=1S/C26H18N2O4S2/c1-30-16-7-4-14(5-8-16)17-12-18(21-3-2-10-33-21)28-26-22(17)23(27)25(34-26)24(29)15-6-9-19-20(11-15)32-13-31-19/h2-12H,13,27H2,1H3. The largest absolute Gasteiger partial charge is 0.497 e. The molecule has 0 fully saturated rings. The number of pyridine rings is 1. The number of carbonyl (C=O) groups excluding carboxylic acids is 1. The van der Waals surface area contributed by atoms with Gasteiger partial charge in [-0.1, -0.05) is 18.2 Å². The van der Waals surface area contributed by atoms with E-state index < -0.39 is 0 Å². The van der Waals surface area contributed by atoms with Crippen LogP contribution in [0, 0.1) is 0 Å². The van der Waals surface area contributed by atoms with Gasteiger partial charge in [0.1, 0.15) is 15.5 Å². The summed E-state index contributed by atoms with van der Waals surface area (Å²) in [5.74, 6) is 1.79. The summed E-state index contributed by atoms with van der Waals surface area (Å²) in [6.45, 7) is 0.151. The number of anilines is 1. The van der Waals surface area contributed by atoms with Gasteiger partial charge < -0.3 is 19.9 Å². The van der Waals surface area contributed by atoms with Crippen LogP contribution in [0.5, 0.6) is 17.2 Å². The van der Waals surface area contributed by atoms with Crippen LogP contribution in [0.3, 0.4) is 0 Å². The van der Waals surface area contributed by atoms with Crippen molar-refractivity contribution in [3.05, 3.63) is 76.5 Å². The molecule has 168 valence electrons. The number of nitrogens with two attached hydrogens (primary N) is 1. The summed E-state index contributed by atoms with van der Waals surface area (Å²) in [4.78, 5) is 20.6. The molecule has 1 aliphatic rings. The zero-order valence-electron chi connectivity index (χ0n) is 18.0. The van der Waals surface area contributed by atoms with Crippen molar-refractivity contribution in [3.63, 3.8) is 0 Å². The number of nitrogen functional groups attached to an aromatic ring is 1. The van der Waals surface area contributed by atoms with Gasteiger partial charge >= 0.3 is 0 Å². The van der Waals surface area contributed by atoms with E-state index in [2.05, 4.69) is 0 Å². The van der Waals surface area contributed by atoms with Gasteiger partial charge in [-0.15, -0.1) is 22.7 Å². The lowest BCUT2D eigenvalue weighted by molar-refractivity contribution is 0.104. The molecule has 8 heteroatoms. The Morgan fingerprint density at radius 3 is 2.65 bits per heavy atom. The fourth-order valence-electron chi connectivity index (χ4n) is 4.01. The van der Waals surface area contributed by atoms with Crippen molar-refractivity contribution in [2.24, 2.45) is 0 Å². The van der Waals surface area contributed by atoms with Gasteiger partial charge in [-0.2, -0.15) is 0 Å². The van der Waals surface area contributed by atoms with Crippen molar-refractivity contribution in [2.75, 3.05) is 19.6 Å². The SMILES string of the molecule is COc1ccc(-c2cc(-c3cccs3)nc3sc(C(=O)c4ccc5c(c4)OCO5)c(N)c23)cc1. The highest BCUT2D eigenvalue weighted by Crippen LogP contribution is 2.43. The molecule has 34 heavy (non-hydrogen) atoms. The summed E-state index contributed by atoms with van der Waals surface area (Å²) < 4.78 is 16.1. The number of ketones is 1. The molecule has 6 rings (SSSR count). The molecule has 4 heterocycles. The highest BCUT2D eigenvalue weighted by molar-refractivity contribution is 7.21. The second-order valence-electron chi connectivity index (χ2n) is 7.68. The zero-order valence-corrected chi connectivity index (χ0v) is 19.7. The van der Waals surface area contributed by atoms with Crippen molar-refractivity contribution in [2.45, 2.75) is 0 Å². The maximum atomic E-state index is 13.5. The van der Waals surface area contributed by atoms with E-state index in [9.17, 15) is 4.79 Å². The van der Waals surface area contributed by atoms with Gasteiger partial charge in [-0.25, -0.2) is 4.98 Å². The summed E-state index contributed by atoms with van der Waals surface area (Å²) in [6, 6.07) is 19.0. The summed E-state index contributed by atoms with van der Waals surface area (Å²) in [6.07, 6.45) is 0. The van der Waals surface area contributed by atoms with E-state index in [4.69, 9.17) is 24.9 Å². The quantitative estimate of drug-likeness (QED) is 0.296. The van der Waals surface area contributed by atoms with E-state index in [-0.39, 0.29) is 12.6 Å². The molecule has 0 spiro atoms. The van der Waals surface area contributed by atoms with Gasteiger partial charge in [0, 0.05) is 10.9 Å². The molecule has 6 nitrogen and oxygen atoms in total. The van der Waals surface area contributed by atoms with Crippen LogP contribution in [-0.2, 0) is 0 Å². The van der Waals surface area contributed by atoms with Crippen molar-refractivity contribution in [1.82, 2.24) is 4.98 Å². The number of fused-ring (bicyclic) bond motifs is 2. The van der Waals surface area contributed by atoms with Gasteiger partial charge in [-0.05, 0) is 59.0 Å². The molecule has 0 unspecified atom stereocenters. The third-order valence-corrected chi connectivity index (χ3v) is 7.71. The predicted molar refractivity (Wildman–Crippen MR) is 135 cm³/mol. The van der Waals surface area contributed by atoms with E-state index in [0.717, 1.165) is 37.7 Å². The zero-order chi connectivity index (χ0) is 23.2. The van der Waals surface area contributed by atoms with E-state index >= 15 is 0 Å². The number of rotatable bonds is 5. The average molecular weight is 487 g/mol. The van der Waals surface area contributed by atoms with Crippen molar-refractivity contribution >= 4 is 44.4 Å². The highest BCUT2D eigenvalue weighted by atomic mass is 32.1. The van der Waals surface area contributed by atoms with Crippen molar-refractivity contribution in [3.8, 4) is 38.9 Å². The van der Waals surface area contributed by atoms with E-state index in [1.807, 2.05) is 47.8 Å². The molecule has 2 aromatic carbocycles. The number of carbonyl (C=O) groups is 1. The molecule has 0 saturated heterocycles. The van der Waals surface area contributed by atoms with Gasteiger partial charge in [-0.3, -0.25) is 4.79 Å². The summed E-state index contributed by atoms with van der Waals surface area (Å²) >= 11 is 2.93. The van der Waals surface area contributed by atoms with Gasteiger partial charge in [0.05, 0.1) is 23.4 Å². The lowest BCUT2D eigenvalue weighted by Gasteiger charge is -2.09. The molecule has 0 bridgehead atoms. The maximum absolute atomic E-state index is 13.5. The number of hydrogen-bond acceptors (Lipinski definition) is 8. The Kier molecular flexibility index (Phi) is 4.97. The Bertz CT molecular complexity index is 1540. The normalized spacial score (nSPS) is 12.3. The first-order chi connectivity index (χ1) is 16.6. The average Bonchev–Trinajstić information content (AvgIpc) is 3.63. The van der Waals surface area contributed by atoms with Crippen LogP contribution in [0.1, 0.15) is 15.2 Å². The lowest BCUT2D eigenvalue weighted by atomic mass is 10.00. The minimum atomic E-state index is -0.169. The predicted octanol–water partition coefficient (Wildman–Crippen LogP) is 6.24. The van der Waals surface area contributed by atoms with Gasteiger partial charge in [0.15, 0.2) is 11.5 Å². The number of hydrogen-bond donors (Lipinski definition) is 1. The number of methoxy groups -OCH3 is 1. The Labute approximate surface area is 203 Å². The number of aromatic nitrogens is 1. The second-order valence-corrected chi connectivity index (χ2v) is 9.63. The molecule has 0 amide bonds. The Balaban J connectivity index is 1.53. The van der Waals surface area contributed by atoms with Gasteiger partial charge in [0.25, 0.3) is 0 Å². The Morgan fingerprint density at radius 1 is 1.06 bits per heavy atom. The molecule has 0 radical (unpaired) electrons. The van der Waals surface area contributed by atoms with Crippen molar-refractivity contribution < 1.29 is 19.0 Å². The second kappa shape index (κ2) is 8.16. The number of ether oxygens (including phenoxy) is 3. The first kappa shape index (κ1) is 20.7. The monoisotopic (exact) mass is 486 g/mol. The first-order valence-corrected chi connectivity index (χ1v) is 12.2. The molecule has 2 N–H and O–H groups in total. The third-order valence-electron chi connectivity index (χ3n) is 5.71. The van der Waals surface area contributed by atoms with E-state index in [0.29, 0.717) is 27.6 Å². The highest BCUT2D eigenvalue weighted by Gasteiger charge is 2.24. The van der Waals surface area contributed by atoms with Crippen molar-refractivity contribution in [1.29, 1.82) is 0 Å². The topological polar surface area (TPSA) is 83.7 Å². The van der Waals surface area contributed by atoms with Gasteiger partial charge in [0.2, 0.25) is 12.6 Å². The Hall–Kier alpha value is -3.88. The molecule has 0 atom stereocenters. The van der Waals surface area contributed by atoms with Crippen LogP contribution in [0.15, 0.2) is 66.0 Å². The fourth-order valence-corrected chi connectivity index (χ4v) is 5.78. The van der Waals surface area contributed by atoms with Crippen LogP contribution in [-0.4, -0.2) is 24.7 Å². The smallest absolute Gasteiger partial charge is 0.231 e. The van der Waals surface area contributed by atoms with E-state index in [1.165, 1.54) is 11.3 Å². The maximum Gasteiger partial charge on any atom is 0.231 e. The summed E-state index contributed by atoms with van der Waals surface area (Å²) in [5.41, 5.74) is 10.3. The molecular weight excluding hydrogens is 468 g/mol. The molecule has 0 saturated carbocycles. The number of benzene rings is 2. The van der Waals surface area contributed by atoms with Crippen LogP contribution < -0.4 is 19.9 Å². The van der Waals surface area contributed by atoms with Crippen LogP contribution >= 0.6 is 22.7 Å². The first-order valence-electron chi connectivity index (χ1n) is 10.5. The lowest BCUT2D eigenvalue weighted by Crippen LogP contribution is -2.02. The van der Waals surface area contributed by atoms with Crippen LogP contribution in [0.25, 0.3) is 31.9 Å². The minimum absolute atomic E-state index is 0.151. The number of nitrogens with zero attached hydrogens (tertiary/aromatic N) is 1. The molecule has 1 aliphatic heterocycles. The molecule has 5 aromatic rings. The third kappa shape index (κ3) is 3.39. The number of thiophene rings is 2. The molecule has 3 aromatic heterocycles. The van der Waals surface area contributed by atoms with Crippen LogP contribution in [0.2, 0.25) is 0 Å². The summed E-state index contributed by atoms with van der Waals surface area (Å²) in [7, 11) is 1.64. The van der Waals surface area contributed by atoms with E-state index in [1.54, 1.807) is 36.6 Å². The Morgan fingerprint density at radius 2 is 1.88 bits per heavy atom. The summed E-state index contributed by atoms with van der Waals surface area (Å²) in [5, 5.41) is 2.80. The molecule has 0 aliphatic carbocycles. The van der Waals surface area contributed by atoms with Crippen LogP contribution in [0.4, 0.5) is 5.69 Å². The fraction of sp³-hybridized carbons (Fsp3) is 0.0769. The molecular formula is C26H18N2O4S2.